The van der Waals surface area contributed by atoms with Gasteiger partial charge in [-0.2, -0.15) is 0 Å². The first-order valence-electron chi connectivity index (χ1n) is 6.43. The van der Waals surface area contributed by atoms with Gasteiger partial charge in [-0.3, -0.25) is 4.79 Å². The molecule has 1 aliphatic rings. The molecule has 1 aliphatic heterocycles. The Kier molecular flexibility index (Phi) is 4.70. The monoisotopic (exact) mass is 278 g/mol. The van der Waals surface area contributed by atoms with Crippen LogP contribution in [0.2, 0.25) is 0 Å². The zero-order valence-electron chi connectivity index (χ0n) is 11.4. The van der Waals surface area contributed by atoms with Gasteiger partial charge in [-0.05, 0) is 17.7 Å². The Labute approximate surface area is 117 Å². The SMILES string of the molecule is COC(=O)C1CN(C(=O)c2ccc(CN)cc2)CCO1. The van der Waals surface area contributed by atoms with Gasteiger partial charge in [-0.15, -0.1) is 0 Å². The summed E-state index contributed by atoms with van der Waals surface area (Å²) < 4.78 is 9.94. The summed E-state index contributed by atoms with van der Waals surface area (Å²) in [4.78, 5) is 25.4. The lowest BCUT2D eigenvalue weighted by atomic mass is 10.1. The van der Waals surface area contributed by atoms with E-state index in [-0.39, 0.29) is 12.5 Å². The Morgan fingerprint density at radius 2 is 2.10 bits per heavy atom. The Morgan fingerprint density at radius 3 is 2.70 bits per heavy atom. The van der Waals surface area contributed by atoms with Crippen LogP contribution in [0.15, 0.2) is 24.3 Å². The van der Waals surface area contributed by atoms with Crippen molar-refractivity contribution in [1.29, 1.82) is 0 Å². The first kappa shape index (κ1) is 14.5. The van der Waals surface area contributed by atoms with Gasteiger partial charge < -0.3 is 20.1 Å². The van der Waals surface area contributed by atoms with Crippen molar-refractivity contribution in [1.82, 2.24) is 4.90 Å². The predicted octanol–water partition coefficient (Wildman–Crippen LogP) is 0.159. The summed E-state index contributed by atoms with van der Waals surface area (Å²) in [5, 5.41) is 0. The summed E-state index contributed by atoms with van der Waals surface area (Å²) in [6.45, 7) is 1.44. The number of benzene rings is 1. The largest absolute Gasteiger partial charge is 0.467 e. The highest BCUT2D eigenvalue weighted by Gasteiger charge is 2.30. The van der Waals surface area contributed by atoms with E-state index < -0.39 is 12.1 Å². The van der Waals surface area contributed by atoms with E-state index in [1.165, 1.54) is 7.11 Å². The lowest BCUT2D eigenvalue weighted by Crippen LogP contribution is -2.48. The number of carbonyl (C=O) groups excluding carboxylic acids is 2. The Balaban J connectivity index is 2.05. The van der Waals surface area contributed by atoms with Crippen LogP contribution in [0.25, 0.3) is 0 Å². The van der Waals surface area contributed by atoms with Gasteiger partial charge in [0.05, 0.1) is 20.3 Å². The van der Waals surface area contributed by atoms with E-state index in [0.717, 1.165) is 5.56 Å². The van der Waals surface area contributed by atoms with Crippen molar-refractivity contribution >= 4 is 11.9 Å². The lowest BCUT2D eigenvalue weighted by Gasteiger charge is -2.31. The van der Waals surface area contributed by atoms with E-state index >= 15 is 0 Å². The van der Waals surface area contributed by atoms with E-state index in [9.17, 15) is 9.59 Å². The fraction of sp³-hybridized carbons (Fsp3) is 0.429. The number of nitrogens with two attached hydrogens (primary N) is 1. The van der Waals surface area contributed by atoms with Crippen LogP contribution in [0.1, 0.15) is 15.9 Å². The molecule has 0 radical (unpaired) electrons. The Morgan fingerprint density at radius 1 is 1.40 bits per heavy atom. The number of amides is 1. The minimum absolute atomic E-state index is 0.120. The lowest BCUT2D eigenvalue weighted by molar-refractivity contribution is -0.158. The number of morpholine rings is 1. The van der Waals surface area contributed by atoms with Gasteiger partial charge >= 0.3 is 5.97 Å². The number of methoxy groups -OCH3 is 1. The second kappa shape index (κ2) is 6.49. The van der Waals surface area contributed by atoms with Crippen molar-refractivity contribution < 1.29 is 19.1 Å². The van der Waals surface area contributed by atoms with E-state index in [1.54, 1.807) is 17.0 Å². The third-order valence-electron chi connectivity index (χ3n) is 3.25. The molecular formula is C14H18N2O4. The van der Waals surface area contributed by atoms with E-state index in [1.807, 2.05) is 12.1 Å². The fourth-order valence-electron chi connectivity index (χ4n) is 2.07. The summed E-state index contributed by atoms with van der Waals surface area (Å²) in [6.07, 6.45) is -0.707. The highest BCUT2D eigenvalue weighted by molar-refractivity contribution is 5.94. The molecule has 1 aromatic carbocycles. The predicted molar refractivity (Wildman–Crippen MR) is 72.0 cm³/mol. The summed E-state index contributed by atoms with van der Waals surface area (Å²) >= 11 is 0. The van der Waals surface area contributed by atoms with Crippen LogP contribution < -0.4 is 5.73 Å². The molecule has 2 rings (SSSR count). The molecule has 1 fully saturated rings. The smallest absolute Gasteiger partial charge is 0.336 e. The van der Waals surface area contributed by atoms with Gasteiger partial charge in [0, 0.05) is 18.7 Å². The number of carbonyl (C=O) groups is 2. The molecule has 1 atom stereocenters. The first-order valence-corrected chi connectivity index (χ1v) is 6.43. The van der Waals surface area contributed by atoms with Crippen molar-refractivity contribution in [3.8, 4) is 0 Å². The molecule has 1 heterocycles. The van der Waals surface area contributed by atoms with Gasteiger partial charge in [0.1, 0.15) is 0 Å². The first-order chi connectivity index (χ1) is 9.65. The van der Waals surface area contributed by atoms with Crippen LogP contribution in [0.4, 0.5) is 0 Å². The molecule has 20 heavy (non-hydrogen) atoms. The third-order valence-corrected chi connectivity index (χ3v) is 3.25. The standard InChI is InChI=1S/C14H18N2O4/c1-19-14(18)12-9-16(6-7-20-12)13(17)11-4-2-10(8-15)3-5-11/h2-5,12H,6-9,15H2,1H3. The minimum Gasteiger partial charge on any atom is -0.467 e. The van der Waals surface area contributed by atoms with Crippen molar-refractivity contribution in [2.45, 2.75) is 12.6 Å². The van der Waals surface area contributed by atoms with Gasteiger partial charge in [0.15, 0.2) is 6.10 Å². The second-order valence-corrected chi connectivity index (χ2v) is 4.53. The van der Waals surface area contributed by atoms with Crippen LogP contribution >= 0.6 is 0 Å². The summed E-state index contributed by atoms with van der Waals surface area (Å²) in [7, 11) is 1.30. The molecule has 1 amide bonds. The third kappa shape index (κ3) is 3.15. The Hall–Kier alpha value is -1.92. The Bertz CT molecular complexity index is 486. The topological polar surface area (TPSA) is 81.9 Å². The van der Waals surface area contributed by atoms with Crippen LogP contribution in [0, 0.1) is 0 Å². The second-order valence-electron chi connectivity index (χ2n) is 4.53. The summed E-state index contributed by atoms with van der Waals surface area (Å²) in [5.74, 6) is -0.577. The van der Waals surface area contributed by atoms with Crippen molar-refractivity contribution in [3.63, 3.8) is 0 Å². The van der Waals surface area contributed by atoms with Crippen LogP contribution in [0.5, 0.6) is 0 Å². The number of rotatable bonds is 3. The van der Waals surface area contributed by atoms with Crippen LogP contribution in [-0.4, -0.2) is 49.7 Å². The maximum absolute atomic E-state index is 12.3. The van der Waals surface area contributed by atoms with E-state index in [4.69, 9.17) is 10.5 Å². The zero-order valence-corrected chi connectivity index (χ0v) is 11.4. The molecule has 1 saturated heterocycles. The van der Waals surface area contributed by atoms with E-state index in [0.29, 0.717) is 25.3 Å². The van der Waals surface area contributed by atoms with Gasteiger partial charge in [-0.1, -0.05) is 12.1 Å². The number of hydrogen-bond donors (Lipinski definition) is 1. The van der Waals surface area contributed by atoms with Gasteiger partial charge in [0.2, 0.25) is 0 Å². The molecule has 0 spiro atoms. The fourth-order valence-corrected chi connectivity index (χ4v) is 2.07. The summed E-state index contributed by atoms with van der Waals surface area (Å²) in [6, 6.07) is 7.14. The highest BCUT2D eigenvalue weighted by atomic mass is 16.6. The quantitative estimate of drug-likeness (QED) is 0.796. The molecule has 0 saturated carbocycles. The average Bonchev–Trinajstić information content (AvgIpc) is 2.53. The summed E-state index contributed by atoms with van der Waals surface area (Å²) in [5.41, 5.74) is 7.07. The molecule has 1 aromatic rings. The van der Waals surface area contributed by atoms with Gasteiger partial charge in [-0.25, -0.2) is 4.79 Å². The maximum atomic E-state index is 12.3. The minimum atomic E-state index is -0.707. The number of nitrogens with zero attached hydrogens (tertiary/aromatic N) is 1. The van der Waals surface area contributed by atoms with Crippen LogP contribution in [-0.2, 0) is 20.8 Å². The molecular weight excluding hydrogens is 260 g/mol. The van der Waals surface area contributed by atoms with Crippen LogP contribution in [0.3, 0.4) is 0 Å². The molecule has 6 nitrogen and oxygen atoms in total. The number of esters is 1. The highest BCUT2D eigenvalue weighted by Crippen LogP contribution is 2.12. The molecule has 1 unspecified atom stereocenters. The molecule has 0 bridgehead atoms. The van der Waals surface area contributed by atoms with Crippen molar-refractivity contribution in [2.24, 2.45) is 5.73 Å². The zero-order chi connectivity index (χ0) is 14.5. The molecule has 108 valence electrons. The molecule has 2 N–H and O–H groups in total. The molecule has 6 heteroatoms. The van der Waals surface area contributed by atoms with Crippen molar-refractivity contribution in [3.05, 3.63) is 35.4 Å². The van der Waals surface area contributed by atoms with Crippen molar-refractivity contribution in [2.75, 3.05) is 26.8 Å². The van der Waals surface area contributed by atoms with E-state index in [2.05, 4.69) is 4.74 Å². The number of hydrogen-bond acceptors (Lipinski definition) is 5. The number of ether oxygens (including phenoxy) is 2. The average molecular weight is 278 g/mol. The van der Waals surface area contributed by atoms with Gasteiger partial charge in [0.25, 0.3) is 5.91 Å². The molecule has 0 aromatic heterocycles. The molecule has 0 aliphatic carbocycles. The normalized spacial score (nSPS) is 18.7. The maximum Gasteiger partial charge on any atom is 0.336 e.